The minimum Gasteiger partial charge on any atom is -0.489 e. The second kappa shape index (κ2) is 10.4. The van der Waals surface area contributed by atoms with Crippen molar-refractivity contribution in [2.24, 2.45) is 0 Å². The van der Waals surface area contributed by atoms with E-state index in [1.54, 1.807) is 29.9 Å². The summed E-state index contributed by atoms with van der Waals surface area (Å²) in [5, 5.41) is 17.5. The van der Waals surface area contributed by atoms with Gasteiger partial charge in [0.15, 0.2) is 0 Å². The molecule has 1 fully saturated rings. The predicted octanol–water partition coefficient (Wildman–Crippen LogP) is 1.37. The molecule has 2 aliphatic rings. The Balaban J connectivity index is 1.26. The van der Waals surface area contributed by atoms with Gasteiger partial charge in [0.2, 0.25) is 5.82 Å². The van der Waals surface area contributed by atoms with E-state index in [1.807, 2.05) is 30.3 Å². The zero-order chi connectivity index (χ0) is 25.8. The number of likely N-dealkylation sites (N-methyl/N-ethyl adjacent to an activating group) is 1. The maximum Gasteiger partial charge on any atom is 0.291 e. The van der Waals surface area contributed by atoms with Gasteiger partial charge in [0.1, 0.15) is 30.3 Å². The van der Waals surface area contributed by atoms with Gasteiger partial charge in [0.25, 0.3) is 11.8 Å². The van der Waals surface area contributed by atoms with E-state index in [-0.39, 0.29) is 18.3 Å². The highest BCUT2D eigenvalue weighted by molar-refractivity contribution is 6.02. The summed E-state index contributed by atoms with van der Waals surface area (Å²) in [6, 6.07) is 14.0. The summed E-state index contributed by atoms with van der Waals surface area (Å²) < 4.78 is 12.7. The van der Waals surface area contributed by atoms with E-state index >= 15 is 0 Å². The van der Waals surface area contributed by atoms with Gasteiger partial charge in [0.05, 0.1) is 25.4 Å². The number of carbonyl (C=O) groups excluding carboxylic acids is 2. The zero-order valence-electron chi connectivity index (χ0n) is 20.4. The number of fused-ring (bicyclic) bond motifs is 1. The van der Waals surface area contributed by atoms with Gasteiger partial charge in [-0.05, 0) is 23.8 Å². The highest BCUT2D eigenvalue weighted by Crippen LogP contribution is 2.31. The van der Waals surface area contributed by atoms with Crippen LogP contribution >= 0.6 is 0 Å². The smallest absolute Gasteiger partial charge is 0.291 e. The molecule has 0 radical (unpaired) electrons. The Labute approximate surface area is 214 Å². The molecule has 2 N–H and O–H groups in total. The Morgan fingerprint density at radius 1 is 1.22 bits per heavy atom. The molecule has 0 aliphatic carbocycles. The topological polar surface area (TPSA) is 119 Å². The Morgan fingerprint density at radius 2 is 2.00 bits per heavy atom. The summed E-state index contributed by atoms with van der Waals surface area (Å²) >= 11 is 0. The van der Waals surface area contributed by atoms with E-state index in [4.69, 9.17) is 9.47 Å². The SMILES string of the molecule is CN1C(=O)C(NC(=O)c2ncn(Cc3ccccc3)n2)COc2ccc(C#CC3(O)CCOCC3)cc21. The lowest BCUT2D eigenvalue weighted by atomic mass is 9.95. The monoisotopic (exact) mass is 501 g/mol. The van der Waals surface area contributed by atoms with Gasteiger partial charge in [0, 0.05) is 25.5 Å². The summed E-state index contributed by atoms with van der Waals surface area (Å²) in [7, 11) is 1.62. The van der Waals surface area contributed by atoms with Crippen LogP contribution in [0.5, 0.6) is 5.75 Å². The van der Waals surface area contributed by atoms with E-state index in [0.717, 1.165) is 5.56 Å². The van der Waals surface area contributed by atoms with Crippen molar-refractivity contribution in [2.45, 2.75) is 31.0 Å². The van der Waals surface area contributed by atoms with Crippen molar-refractivity contribution in [2.75, 3.05) is 31.8 Å². The third-order valence-electron chi connectivity index (χ3n) is 6.35. The van der Waals surface area contributed by atoms with Crippen LogP contribution in [0, 0.1) is 11.8 Å². The quantitative estimate of drug-likeness (QED) is 0.519. The number of carbonyl (C=O) groups is 2. The van der Waals surface area contributed by atoms with Gasteiger partial charge in [-0.3, -0.25) is 9.59 Å². The molecule has 0 saturated carbocycles. The Bertz CT molecular complexity index is 1350. The van der Waals surface area contributed by atoms with Crippen LogP contribution < -0.4 is 15.0 Å². The molecular weight excluding hydrogens is 474 g/mol. The molecule has 2 aliphatic heterocycles. The number of rotatable bonds is 4. The van der Waals surface area contributed by atoms with Crippen LogP contribution in [0.4, 0.5) is 5.69 Å². The number of aromatic nitrogens is 3. The van der Waals surface area contributed by atoms with Crippen LogP contribution in [0.15, 0.2) is 54.9 Å². The molecule has 0 spiro atoms. The maximum atomic E-state index is 13.2. The van der Waals surface area contributed by atoms with Crippen LogP contribution in [-0.4, -0.2) is 70.2 Å². The van der Waals surface area contributed by atoms with Crippen molar-refractivity contribution < 1.29 is 24.2 Å². The highest BCUT2D eigenvalue weighted by Gasteiger charge is 2.32. The van der Waals surface area contributed by atoms with Gasteiger partial charge in [-0.15, -0.1) is 5.10 Å². The molecule has 1 saturated heterocycles. The molecule has 5 rings (SSSR count). The number of nitrogens with zero attached hydrogens (tertiary/aromatic N) is 4. The second-order valence-corrected chi connectivity index (χ2v) is 9.06. The molecule has 10 nitrogen and oxygen atoms in total. The fraction of sp³-hybridized carbons (Fsp3) is 0.333. The van der Waals surface area contributed by atoms with Crippen molar-refractivity contribution in [3.05, 3.63) is 71.8 Å². The first kappa shape index (κ1) is 24.5. The first-order valence-corrected chi connectivity index (χ1v) is 12.0. The molecule has 10 heteroatoms. The lowest BCUT2D eigenvalue weighted by Gasteiger charge is -2.26. The number of nitrogens with one attached hydrogen (secondary N) is 1. The zero-order valence-corrected chi connectivity index (χ0v) is 20.4. The third kappa shape index (κ3) is 5.63. The molecule has 1 aromatic heterocycles. The van der Waals surface area contributed by atoms with E-state index in [2.05, 4.69) is 27.2 Å². The first-order valence-electron chi connectivity index (χ1n) is 12.0. The highest BCUT2D eigenvalue weighted by atomic mass is 16.5. The number of benzene rings is 2. The van der Waals surface area contributed by atoms with E-state index in [9.17, 15) is 14.7 Å². The summed E-state index contributed by atoms with van der Waals surface area (Å²) in [5.41, 5.74) is 1.10. The predicted molar refractivity (Wildman–Crippen MR) is 134 cm³/mol. The molecule has 37 heavy (non-hydrogen) atoms. The molecule has 0 bridgehead atoms. The Kier molecular flexibility index (Phi) is 6.90. The summed E-state index contributed by atoms with van der Waals surface area (Å²) in [6.07, 6.45) is 2.38. The fourth-order valence-electron chi connectivity index (χ4n) is 4.17. The summed E-state index contributed by atoms with van der Waals surface area (Å²) in [4.78, 5) is 31.5. The molecular formula is C27H27N5O5. The molecule has 190 valence electrons. The third-order valence-corrected chi connectivity index (χ3v) is 6.35. The van der Waals surface area contributed by atoms with Crippen molar-refractivity contribution in [1.29, 1.82) is 0 Å². The number of amides is 2. The average Bonchev–Trinajstić information content (AvgIpc) is 3.35. The van der Waals surface area contributed by atoms with Crippen LogP contribution in [0.1, 0.15) is 34.6 Å². The minimum atomic E-state index is -1.08. The number of hydrogen-bond donors (Lipinski definition) is 2. The van der Waals surface area contributed by atoms with Gasteiger partial charge in [-0.2, -0.15) is 0 Å². The average molecular weight is 502 g/mol. The van der Waals surface area contributed by atoms with Crippen molar-refractivity contribution in [3.8, 4) is 17.6 Å². The first-order chi connectivity index (χ1) is 17.9. The largest absolute Gasteiger partial charge is 0.489 e. The standard InChI is InChI=1S/C27H27N5O5/c1-31-22-15-19(9-10-27(35)11-13-36-14-12-27)7-8-23(22)37-17-21(26(31)34)29-25(33)24-28-18-32(30-24)16-20-5-3-2-4-6-20/h2-8,15,18,21,35H,11-14,16-17H2,1H3,(H,29,33). The van der Waals surface area contributed by atoms with E-state index in [1.165, 1.54) is 11.2 Å². The number of hydrogen-bond acceptors (Lipinski definition) is 7. The van der Waals surface area contributed by atoms with Crippen LogP contribution in [0.3, 0.4) is 0 Å². The normalized spacial score (nSPS) is 18.6. The lowest BCUT2D eigenvalue weighted by Crippen LogP contribution is -2.49. The van der Waals surface area contributed by atoms with Crippen molar-refractivity contribution in [3.63, 3.8) is 0 Å². The van der Waals surface area contributed by atoms with Gasteiger partial charge in [-0.1, -0.05) is 42.2 Å². The van der Waals surface area contributed by atoms with Gasteiger partial charge >= 0.3 is 0 Å². The summed E-state index contributed by atoms with van der Waals surface area (Å²) in [6.45, 7) is 1.37. The number of ether oxygens (including phenoxy) is 2. The van der Waals surface area contributed by atoms with Crippen LogP contribution in [0.2, 0.25) is 0 Å². The maximum absolute atomic E-state index is 13.2. The van der Waals surface area contributed by atoms with E-state index < -0.39 is 17.6 Å². The Morgan fingerprint density at radius 3 is 2.78 bits per heavy atom. The molecule has 1 atom stereocenters. The molecule has 3 aromatic rings. The second-order valence-electron chi connectivity index (χ2n) is 9.06. The van der Waals surface area contributed by atoms with Gasteiger partial charge in [-0.25, -0.2) is 9.67 Å². The number of aliphatic hydroxyl groups is 1. The molecule has 1 unspecified atom stereocenters. The minimum absolute atomic E-state index is 0.0308. The number of anilines is 1. The van der Waals surface area contributed by atoms with Gasteiger partial charge < -0.3 is 24.8 Å². The molecule has 2 aromatic carbocycles. The summed E-state index contributed by atoms with van der Waals surface area (Å²) in [5.74, 6) is 5.50. The van der Waals surface area contributed by atoms with Crippen molar-refractivity contribution in [1.82, 2.24) is 20.1 Å². The van der Waals surface area contributed by atoms with Crippen LogP contribution in [-0.2, 0) is 16.1 Å². The molecule has 3 heterocycles. The Hall–Kier alpha value is -4.20. The van der Waals surface area contributed by atoms with E-state index in [0.29, 0.717) is 49.6 Å². The fourth-order valence-corrected chi connectivity index (χ4v) is 4.17. The van der Waals surface area contributed by atoms with Crippen LogP contribution in [0.25, 0.3) is 0 Å². The molecule has 2 amide bonds. The lowest BCUT2D eigenvalue weighted by molar-refractivity contribution is -0.120. The van der Waals surface area contributed by atoms with Crippen molar-refractivity contribution >= 4 is 17.5 Å².